The molecule has 96 valence electrons. The fourth-order valence-electron chi connectivity index (χ4n) is 1.43. The van der Waals surface area contributed by atoms with Crippen LogP contribution in [0.15, 0.2) is 35.4 Å². The van der Waals surface area contributed by atoms with Crippen LogP contribution < -0.4 is 0 Å². The molecule has 0 aliphatic carbocycles. The van der Waals surface area contributed by atoms with Crippen LogP contribution in [0.4, 0.5) is 4.79 Å². The molecule has 0 N–H and O–H groups in total. The second-order valence-electron chi connectivity index (χ2n) is 3.97. The Morgan fingerprint density at radius 1 is 1.50 bits per heavy atom. The Hall–Kier alpha value is -2.20. The van der Waals surface area contributed by atoms with Crippen molar-refractivity contribution in [2.75, 3.05) is 13.6 Å². The van der Waals surface area contributed by atoms with Gasteiger partial charge >= 0.3 is 6.09 Å². The SMILES string of the molecule is CC(CN(C)C(=O)OCc1ccccc1)N=[N+]=[N-]. The van der Waals surface area contributed by atoms with Crippen molar-refractivity contribution in [3.63, 3.8) is 0 Å². The lowest BCUT2D eigenvalue weighted by atomic mass is 10.2. The number of nitrogens with zero attached hydrogens (tertiary/aromatic N) is 4. The zero-order valence-electron chi connectivity index (χ0n) is 10.5. The summed E-state index contributed by atoms with van der Waals surface area (Å²) in [7, 11) is 1.61. The molecule has 0 saturated heterocycles. The molecule has 0 bridgehead atoms. The summed E-state index contributed by atoms with van der Waals surface area (Å²) >= 11 is 0. The zero-order valence-corrected chi connectivity index (χ0v) is 10.5. The average molecular weight is 248 g/mol. The third kappa shape index (κ3) is 4.76. The van der Waals surface area contributed by atoms with Crippen LogP contribution in [-0.2, 0) is 11.3 Å². The summed E-state index contributed by atoms with van der Waals surface area (Å²) < 4.78 is 5.12. The Morgan fingerprint density at radius 3 is 2.78 bits per heavy atom. The van der Waals surface area contributed by atoms with Crippen molar-refractivity contribution in [1.29, 1.82) is 0 Å². The summed E-state index contributed by atoms with van der Waals surface area (Å²) in [6, 6.07) is 9.17. The van der Waals surface area contributed by atoms with E-state index in [1.54, 1.807) is 14.0 Å². The fraction of sp³-hybridized carbons (Fsp3) is 0.417. The molecule has 6 nitrogen and oxygen atoms in total. The molecule has 1 aromatic rings. The number of likely N-dealkylation sites (N-methyl/N-ethyl adjacent to an activating group) is 1. The van der Waals surface area contributed by atoms with Gasteiger partial charge in [0.05, 0.1) is 6.04 Å². The van der Waals surface area contributed by atoms with E-state index in [1.807, 2.05) is 30.3 Å². The third-order valence-corrected chi connectivity index (χ3v) is 2.30. The molecule has 0 aliphatic rings. The van der Waals surface area contributed by atoms with E-state index in [4.69, 9.17) is 10.3 Å². The monoisotopic (exact) mass is 248 g/mol. The summed E-state index contributed by atoms with van der Waals surface area (Å²) in [5.41, 5.74) is 9.20. The minimum Gasteiger partial charge on any atom is -0.445 e. The predicted molar refractivity (Wildman–Crippen MR) is 67.9 cm³/mol. The predicted octanol–water partition coefficient (Wildman–Crippen LogP) is 2.95. The van der Waals surface area contributed by atoms with Gasteiger partial charge in [-0.3, -0.25) is 0 Å². The summed E-state index contributed by atoms with van der Waals surface area (Å²) in [4.78, 5) is 15.7. The summed E-state index contributed by atoms with van der Waals surface area (Å²) in [6.45, 7) is 2.30. The van der Waals surface area contributed by atoms with Crippen LogP contribution in [-0.4, -0.2) is 30.6 Å². The van der Waals surface area contributed by atoms with Gasteiger partial charge in [0.1, 0.15) is 6.61 Å². The Kier molecular flexibility index (Phi) is 5.54. The molecule has 0 aromatic heterocycles. The molecular formula is C12H16N4O2. The van der Waals surface area contributed by atoms with Gasteiger partial charge in [0, 0.05) is 18.5 Å². The lowest BCUT2D eigenvalue weighted by Gasteiger charge is -2.18. The highest BCUT2D eigenvalue weighted by Gasteiger charge is 2.12. The van der Waals surface area contributed by atoms with E-state index in [0.717, 1.165) is 5.56 Å². The van der Waals surface area contributed by atoms with E-state index in [9.17, 15) is 4.79 Å². The third-order valence-electron chi connectivity index (χ3n) is 2.30. The van der Waals surface area contributed by atoms with Crippen molar-refractivity contribution in [1.82, 2.24) is 4.90 Å². The van der Waals surface area contributed by atoms with Crippen LogP contribution >= 0.6 is 0 Å². The maximum atomic E-state index is 11.6. The van der Waals surface area contributed by atoms with Crippen molar-refractivity contribution in [3.8, 4) is 0 Å². The summed E-state index contributed by atoms with van der Waals surface area (Å²) in [6.07, 6.45) is -0.432. The van der Waals surface area contributed by atoms with Crippen molar-refractivity contribution < 1.29 is 9.53 Å². The minimum atomic E-state index is -0.432. The molecule has 1 amide bonds. The normalized spacial score (nSPS) is 11.2. The molecule has 1 atom stereocenters. The quantitative estimate of drug-likeness (QED) is 0.456. The number of azide groups is 1. The van der Waals surface area contributed by atoms with Crippen LogP contribution in [0.2, 0.25) is 0 Å². The van der Waals surface area contributed by atoms with Gasteiger partial charge in [0.25, 0.3) is 0 Å². The Labute approximate surface area is 106 Å². The van der Waals surface area contributed by atoms with Crippen molar-refractivity contribution in [2.24, 2.45) is 5.11 Å². The lowest BCUT2D eigenvalue weighted by Crippen LogP contribution is -2.32. The highest BCUT2D eigenvalue weighted by molar-refractivity contribution is 5.67. The lowest BCUT2D eigenvalue weighted by molar-refractivity contribution is 0.103. The number of hydrogen-bond donors (Lipinski definition) is 0. The van der Waals surface area contributed by atoms with Crippen molar-refractivity contribution >= 4 is 6.09 Å². The van der Waals surface area contributed by atoms with E-state index in [2.05, 4.69) is 10.0 Å². The number of carbonyl (C=O) groups excluding carboxylic acids is 1. The number of benzene rings is 1. The fourth-order valence-corrected chi connectivity index (χ4v) is 1.43. The molecule has 0 spiro atoms. The van der Waals surface area contributed by atoms with Crippen LogP contribution in [0.5, 0.6) is 0 Å². The van der Waals surface area contributed by atoms with Crippen molar-refractivity contribution in [3.05, 3.63) is 46.3 Å². The largest absolute Gasteiger partial charge is 0.445 e. The molecule has 0 heterocycles. The van der Waals surface area contributed by atoms with E-state index in [0.29, 0.717) is 6.54 Å². The number of ether oxygens (including phenoxy) is 1. The van der Waals surface area contributed by atoms with E-state index in [1.165, 1.54) is 4.90 Å². The maximum Gasteiger partial charge on any atom is 0.409 e. The smallest absolute Gasteiger partial charge is 0.409 e. The van der Waals surface area contributed by atoms with E-state index >= 15 is 0 Å². The van der Waals surface area contributed by atoms with Gasteiger partial charge in [0.2, 0.25) is 0 Å². The van der Waals surface area contributed by atoms with Gasteiger partial charge in [-0.25, -0.2) is 4.79 Å². The molecule has 0 radical (unpaired) electrons. The molecule has 18 heavy (non-hydrogen) atoms. The highest BCUT2D eigenvalue weighted by Crippen LogP contribution is 2.03. The molecule has 0 aliphatic heterocycles. The number of hydrogen-bond acceptors (Lipinski definition) is 3. The first-order valence-corrected chi connectivity index (χ1v) is 5.59. The highest BCUT2D eigenvalue weighted by atomic mass is 16.6. The number of amides is 1. The first-order valence-electron chi connectivity index (χ1n) is 5.59. The Bertz CT molecular complexity index is 429. The van der Waals surface area contributed by atoms with Gasteiger partial charge in [-0.1, -0.05) is 42.4 Å². The second-order valence-corrected chi connectivity index (χ2v) is 3.97. The van der Waals surface area contributed by atoms with E-state index in [-0.39, 0.29) is 12.6 Å². The van der Waals surface area contributed by atoms with Crippen LogP contribution in [0, 0.1) is 0 Å². The standard InChI is InChI=1S/C12H16N4O2/c1-10(14-15-13)8-16(2)12(17)18-9-11-6-4-3-5-7-11/h3-7,10H,8-9H2,1-2H3. The van der Waals surface area contributed by atoms with Crippen LogP contribution in [0.3, 0.4) is 0 Å². The van der Waals surface area contributed by atoms with Gasteiger partial charge in [-0.05, 0) is 11.1 Å². The Balaban J connectivity index is 2.38. The molecule has 1 aromatic carbocycles. The topological polar surface area (TPSA) is 78.3 Å². The average Bonchev–Trinajstić information content (AvgIpc) is 2.37. The second kappa shape index (κ2) is 7.19. The molecular weight excluding hydrogens is 232 g/mol. The van der Waals surface area contributed by atoms with Crippen LogP contribution in [0.1, 0.15) is 12.5 Å². The summed E-state index contributed by atoms with van der Waals surface area (Å²) in [5, 5.41) is 3.50. The minimum absolute atomic E-state index is 0.236. The first-order chi connectivity index (χ1) is 8.63. The molecule has 6 heteroatoms. The first kappa shape index (κ1) is 13.9. The molecule has 1 unspecified atom stereocenters. The summed E-state index contributed by atoms with van der Waals surface area (Å²) in [5.74, 6) is 0. The number of rotatable bonds is 5. The molecule has 0 saturated carbocycles. The van der Waals surface area contributed by atoms with Crippen LogP contribution in [0.25, 0.3) is 10.4 Å². The van der Waals surface area contributed by atoms with Gasteiger partial charge in [-0.2, -0.15) is 0 Å². The van der Waals surface area contributed by atoms with Crippen molar-refractivity contribution in [2.45, 2.75) is 19.6 Å². The van der Waals surface area contributed by atoms with E-state index < -0.39 is 6.09 Å². The Morgan fingerprint density at radius 2 is 2.17 bits per heavy atom. The van der Waals surface area contributed by atoms with Gasteiger partial charge < -0.3 is 9.64 Å². The maximum absolute atomic E-state index is 11.6. The molecule has 1 rings (SSSR count). The van der Waals surface area contributed by atoms with Gasteiger partial charge in [0.15, 0.2) is 0 Å². The van der Waals surface area contributed by atoms with Gasteiger partial charge in [-0.15, -0.1) is 0 Å². The molecule has 0 fully saturated rings. The zero-order chi connectivity index (χ0) is 13.4. The number of carbonyl (C=O) groups is 1.